The number of nitrogens with one attached hydrogen (secondary N) is 2. The van der Waals surface area contributed by atoms with Crippen molar-refractivity contribution < 1.29 is 22.4 Å². The fraction of sp³-hybridized carbons (Fsp3) is 0.259. The lowest BCUT2D eigenvalue weighted by Crippen LogP contribution is -2.25. The van der Waals surface area contributed by atoms with Crippen LogP contribution in [0.1, 0.15) is 51.9 Å². The number of fused-ring (bicyclic) bond motifs is 1. The van der Waals surface area contributed by atoms with Gasteiger partial charge in [-0.25, -0.2) is 17.5 Å². The first-order valence-corrected chi connectivity index (χ1v) is 13.0. The molecule has 0 heterocycles. The highest BCUT2D eigenvalue weighted by Crippen LogP contribution is 2.23. The van der Waals surface area contributed by atoms with Gasteiger partial charge in [0, 0.05) is 31.5 Å². The molecule has 0 aliphatic heterocycles. The zero-order valence-electron chi connectivity index (χ0n) is 19.2. The molecular weight excluding hydrogens is 467 g/mol. The molecule has 0 spiro atoms. The molecule has 0 radical (unpaired) electrons. The Hall–Kier alpha value is -3.36. The molecule has 4 rings (SSSR count). The normalized spacial score (nSPS) is 12.8. The van der Waals surface area contributed by atoms with Gasteiger partial charge in [0.05, 0.1) is 4.90 Å². The second-order valence-corrected chi connectivity index (χ2v) is 10.4. The molecule has 0 aromatic heterocycles. The molecule has 3 aromatic carbocycles. The lowest BCUT2D eigenvalue weighted by molar-refractivity contribution is -0.121. The van der Waals surface area contributed by atoms with Crippen molar-refractivity contribution in [2.24, 2.45) is 0 Å². The molecule has 1 aliphatic carbocycles. The van der Waals surface area contributed by atoms with E-state index in [0.29, 0.717) is 16.7 Å². The van der Waals surface area contributed by atoms with Crippen molar-refractivity contribution in [3.8, 4) is 0 Å². The van der Waals surface area contributed by atoms with Gasteiger partial charge in [-0.15, -0.1) is 0 Å². The van der Waals surface area contributed by atoms with Crippen LogP contribution in [0.15, 0.2) is 71.6 Å². The van der Waals surface area contributed by atoms with Gasteiger partial charge in [-0.3, -0.25) is 9.59 Å². The van der Waals surface area contributed by atoms with Crippen LogP contribution in [0.4, 0.5) is 4.39 Å². The Morgan fingerprint density at radius 2 is 1.57 bits per heavy atom. The van der Waals surface area contributed by atoms with Gasteiger partial charge < -0.3 is 5.32 Å². The minimum absolute atomic E-state index is 0.0424. The van der Waals surface area contributed by atoms with Gasteiger partial charge in [0.2, 0.25) is 15.9 Å². The number of hydrogen-bond acceptors (Lipinski definition) is 4. The van der Waals surface area contributed by atoms with E-state index < -0.39 is 15.8 Å². The molecule has 0 fully saturated rings. The summed E-state index contributed by atoms with van der Waals surface area (Å²) in [6, 6.07) is 17.7. The van der Waals surface area contributed by atoms with Crippen molar-refractivity contribution in [1.82, 2.24) is 10.0 Å². The largest absolute Gasteiger partial charge is 0.352 e. The Bertz CT molecular complexity index is 1350. The summed E-state index contributed by atoms with van der Waals surface area (Å²) in [7, 11) is -3.82. The molecule has 3 aromatic rings. The summed E-state index contributed by atoms with van der Waals surface area (Å²) in [5.41, 5.74) is 4.28. The van der Waals surface area contributed by atoms with Crippen LogP contribution in [0.5, 0.6) is 0 Å². The molecule has 0 saturated carbocycles. The molecule has 0 unspecified atom stereocenters. The van der Waals surface area contributed by atoms with Crippen molar-refractivity contribution in [2.75, 3.05) is 0 Å². The summed E-state index contributed by atoms with van der Waals surface area (Å²) in [5.74, 6) is -0.780. The van der Waals surface area contributed by atoms with E-state index in [1.807, 2.05) is 18.2 Å². The Kier molecular flexibility index (Phi) is 7.73. The number of ketones is 1. The van der Waals surface area contributed by atoms with E-state index in [1.165, 1.54) is 41.5 Å². The Balaban J connectivity index is 1.28. The number of aryl methyl sites for hydroxylation is 2. The number of sulfonamides is 1. The Morgan fingerprint density at radius 3 is 2.37 bits per heavy atom. The maximum Gasteiger partial charge on any atom is 0.240 e. The van der Waals surface area contributed by atoms with Crippen molar-refractivity contribution in [3.63, 3.8) is 0 Å². The molecule has 1 amide bonds. The number of rotatable bonds is 10. The lowest BCUT2D eigenvalue weighted by Gasteiger charge is -2.10. The monoisotopic (exact) mass is 494 g/mol. The molecular formula is C27H27FN2O4S. The average molecular weight is 495 g/mol. The van der Waals surface area contributed by atoms with Gasteiger partial charge in [0.1, 0.15) is 5.82 Å². The van der Waals surface area contributed by atoms with Crippen molar-refractivity contribution in [3.05, 3.63) is 100 Å². The van der Waals surface area contributed by atoms with Crippen molar-refractivity contribution in [2.45, 2.75) is 50.1 Å². The Labute approximate surface area is 204 Å². The first kappa shape index (κ1) is 24.8. The fourth-order valence-electron chi connectivity index (χ4n) is 4.14. The number of carbonyl (C=O) groups is 2. The number of benzene rings is 3. The van der Waals surface area contributed by atoms with E-state index in [9.17, 15) is 22.4 Å². The first-order chi connectivity index (χ1) is 16.8. The maximum absolute atomic E-state index is 13.3. The second-order valence-electron chi connectivity index (χ2n) is 8.64. The van der Waals surface area contributed by atoms with Gasteiger partial charge in [0.15, 0.2) is 5.78 Å². The Morgan fingerprint density at radius 1 is 0.829 bits per heavy atom. The zero-order valence-corrected chi connectivity index (χ0v) is 20.0. The molecule has 0 bridgehead atoms. The van der Waals surface area contributed by atoms with Crippen LogP contribution in [0, 0.1) is 5.82 Å². The molecule has 182 valence electrons. The summed E-state index contributed by atoms with van der Waals surface area (Å²) in [6.07, 6.45) is 3.33. The third kappa shape index (κ3) is 6.61. The van der Waals surface area contributed by atoms with Gasteiger partial charge in [-0.1, -0.05) is 36.4 Å². The topological polar surface area (TPSA) is 92.3 Å². The molecule has 2 N–H and O–H groups in total. The molecule has 6 nitrogen and oxygen atoms in total. The lowest BCUT2D eigenvalue weighted by atomic mass is 10.0. The van der Waals surface area contributed by atoms with Crippen molar-refractivity contribution in [1.29, 1.82) is 0 Å². The van der Waals surface area contributed by atoms with Crippen LogP contribution in [-0.2, 0) is 40.7 Å². The van der Waals surface area contributed by atoms with Crippen LogP contribution >= 0.6 is 0 Å². The van der Waals surface area contributed by atoms with Gasteiger partial charge in [-0.2, -0.15) is 0 Å². The van der Waals surface area contributed by atoms with Gasteiger partial charge in [-0.05, 0) is 71.8 Å². The highest BCUT2D eigenvalue weighted by molar-refractivity contribution is 7.89. The first-order valence-electron chi connectivity index (χ1n) is 11.5. The minimum Gasteiger partial charge on any atom is -0.352 e. The SMILES string of the molecule is O=C(CCC(=O)c1ccc2c(c1)CCC2)NCc1cccc(S(=O)(=O)NCc2cccc(F)c2)c1. The quantitative estimate of drug-likeness (QED) is 0.416. The predicted octanol–water partition coefficient (Wildman–Crippen LogP) is 4.07. The molecule has 35 heavy (non-hydrogen) atoms. The van der Waals surface area contributed by atoms with Crippen LogP contribution in [0.3, 0.4) is 0 Å². The summed E-state index contributed by atoms with van der Waals surface area (Å²) < 4.78 is 41.0. The maximum atomic E-state index is 13.3. The fourth-order valence-corrected chi connectivity index (χ4v) is 5.22. The molecule has 8 heteroatoms. The predicted molar refractivity (Wildman–Crippen MR) is 131 cm³/mol. The third-order valence-corrected chi connectivity index (χ3v) is 7.45. The third-order valence-electron chi connectivity index (χ3n) is 6.05. The molecule has 1 aliphatic rings. The number of Topliss-reactive ketones (excluding diaryl/α,β-unsaturated/α-hetero) is 1. The standard InChI is InChI=1S/C27H27FN2O4S/c28-24-8-1-4-19(14-24)18-30-35(33,34)25-9-2-5-20(15-25)17-29-27(32)13-12-26(31)23-11-10-21-6-3-7-22(21)16-23/h1-2,4-5,8-11,14-16,30H,3,6-7,12-13,17-18H2,(H,29,32). The van der Waals surface area contributed by atoms with Crippen LogP contribution in [0.25, 0.3) is 0 Å². The average Bonchev–Trinajstić information content (AvgIpc) is 3.33. The van der Waals surface area contributed by atoms with Crippen LogP contribution in [-0.4, -0.2) is 20.1 Å². The van der Waals surface area contributed by atoms with Gasteiger partial charge in [0.25, 0.3) is 0 Å². The summed E-state index contributed by atoms with van der Waals surface area (Å²) in [4.78, 5) is 24.8. The highest BCUT2D eigenvalue weighted by atomic mass is 32.2. The van der Waals surface area contributed by atoms with Crippen LogP contribution in [0.2, 0.25) is 0 Å². The number of hydrogen-bond donors (Lipinski definition) is 2. The van der Waals surface area contributed by atoms with E-state index in [4.69, 9.17) is 0 Å². The summed E-state index contributed by atoms with van der Waals surface area (Å²) in [5, 5.41) is 2.74. The van der Waals surface area contributed by atoms with E-state index >= 15 is 0 Å². The van der Waals surface area contributed by atoms with Crippen LogP contribution < -0.4 is 10.0 Å². The number of amides is 1. The van der Waals surface area contributed by atoms with E-state index in [0.717, 1.165) is 19.3 Å². The van der Waals surface area contributed by atoms with E-state index in [1.54, 1.807) is 18.2 Å². The zero-order chi connectivity index (χ0) is 24.8. The smallest absolute Gasteiger partial charge is 0.240 e. The minimum atomic E-state index is -3.82. The second kappa shape index (κ2) is 10.9. The summed E-state index contributed by atoms with van der Waals surface area (Å²) >= 11 is 0. The van der Waals surface area contributed by atoms with Gasteiger partial charge >= 0.3 is 0 Å². The van der Waals surface area contributed by atoms with E-state index in [-0.39, 0.29) is 42.5 Å². The van der Waals surface area contributed by atoms with Crippen molar-refractivity contribution >= 4 is 21.7 Å². The number of carbonyl (C=O) groups excluding carboxylic acids is 2. The van der Waals surface area contributed by atoms with E-state index in [2.05, 4.69) is 10.0 Å². The number of halogens is 1. The summed E-state index contributed by atoms with van der Waals surface area (Å²) in [6.45, 7) is 0.0957. The molecule has 0 saturated heterocycles. The molecule has 0 atom stereocenters. The highest BCUT2D eigenvalue weighted by Gasteiger charge is 2.16.